The molecule has 0 bridgehead atoms. The number of thioether (sulfide) groups is 1. The first-order chi connectivity index (χ1) is 12.4. The highest BCUT2D eigenvalue weighted by Crippen LogP contribution is 2.42. The zero-order chi connectivity index (χ0) is 18.8. The van der Waals surface area contributed by atoms with E-state index in [1.807, 2.05) is 54.3 Å². The van der Waals surface area contributed by atoms with Crippen LogP contribution in [0.15, 0.2) is 42.5 Å². The van der Waals surface area contributed by atoms with E-state index in [4.69, 9.17) is 11.6 Å². The summed E-state index contributed by atoms with van der Waals surface area (Å²) in [6.45, 7) is 5.74. The van der Waals surface area contributed by atoms with Crippen molar-refractivity contribution in [2.24, 2.45) is 0 Å². The van der Waals surface area contributed by atoms with Gasteiger partial charge in [-0.15, -0.1) is 23.4 Å². The zero-order valence-corrected chi connectivity index (χ0v) is 16.5. The van der Waals surface area contributed by atoms with Crippen LogP contribution in [0.25, 0.3) is 0 Å². The Labute approximate surface area is 162 Å². The van der Waals surface area contributed by atoms with E-state index < -0.39 is 5.38 Å². The highest BCUT2D eigenvalue weighted by atomic mass is 35.5. The first kappa shape index (κ1) is 18.8. The molecule has 2 amide bonds. The van der Waals surface area contributed by atoms with Gasteiger partial charge in [-0.25, -0.2) is 0 Å². The fraction of sp³-hybridized carbons (Fsp3) is 0.300. The number of anilines is 2. The van der Waals surface area contributed by atoms with Gasteiger partial charge in [-0.1, -0.05) is 18.2 Å². The molecular formula is C20H21ClN2O2S. The van der Waals surface area contributed by atoms with E-state index in [2.05, 4.69) is 12.2 Å². The van der Waals surface area contributed by atoms with Crippen LogP contribution in [0.2, 0.25) is 0 Å². The van der Waals surface area contributed by atoms with Crippen molar-refractivity contribution in [2.45, 2.75) is 31.5 Å². The number of amides is 2. The molecule has 1 N–H and O–H groups in total. The fourth-order valence-electron chi connectivity index (χ4n) is 2.84. The van der Waals surface area contributed by atoms with Crippen LogP contribution in [-0.2, 0) is 9.59 Å². The van der Waals surface area contributed by atoms with Crippen LogP contribution in [-0.4, -0.2) is 22.9 Å². The fourth-order valence-corrected chi connectivity index (χ4v) is 4.06. The molecule has 136 valence electrons. The van der Waals surface area contributed by atoms with Crippen molar-refractivity contribution in [3.8, 4) is 0 Å². The predicted octanol–water partition coefficient (Wildman–Crippen LogP) is 4.65. The minimum atomic E-state index is -0.604. The van der Waals surface area contributed by atoms with E-state index in [0.717, 1.165) is 16.8 Å². The number of hydrogen-bond donors (Lipinski definition) is 1. The van der Waals surface area contributed by atoms with Crippen molar-refractivity contribution < 1.29 is 9.59 Å². The van der Waals surface area contributed by atoms with Crippen LogP contribution in [0.5, 0.6) is 0 Å². The Morgan fingerprint density at radius 1 is 1.23 bits per heavy atom. The number of halogens is 1. The molecule has 1 aliphatic rings. The van der Waals surface area contributed by atoms with Crippen molar-refractivity contribution in [1.82, 2.24) is 0 Å². The first-order valence-corrected chi connectivity index (χ1v) is 9.91. The van der Waals surface area contributed by atoms with E-state index in [-0.39, 0.29) is 17.2 Å². The second-order valence-corrected chi connectivity index (χ2v) is 8.15. The number of nitrogens with zero attached hydrogens (tertiary/aromatic N) is 1. The number of alkyl halides is 1. The quantitative estimate of drug-likeness (QED) is 0.775. The van der Waals surface area contributed by atoms with Crippen LogP contribution in [0.3, 0.4) is 0 Å². The van der Waals surface area contributed by atoms with E-state index in [1.165, 1.54) is 5.56 Å². The van der Waals surface area contributed by atoms with Crippen molar-refractivity contribution >= 4 is 46.6 Å². The SMILES string of the molecule is Cc1ccc(N2C(=O)CS[C@H]2c2cccc(NC(=O)[C@@H](C)Cl)c2)cc1C. The molecule has 0 unspecified atom stereocenters. The third-order valence-electron chi connectivity index (χ3n) is 4.44. The smallest absolute Gasteiger partial charge is 0.242 e. The third-order valence-corrected chi connectivity index (χ3v) is 5.85. The molecular weight excluding hydrogens is 368 g/mol. The Bertz CT molecular complexity index is 853. The lowest BCUT2D eigenvalue weighted by molar-refractivity contribution is -0.116. The molecule has 6 heteroatoms. The van der Waals surface area contributed by atoms with Crippen LogP contribution >= 0.6 is 23.4 Å². The summed E-state index contributed by atoms with van der Waals surface area (Å²) < 4.78 is 0. The standard InChI is InChI=1S/C20H21ClN2O2S/c1-12-7-8-17(9-13(12)2)23-18(24)11-26-20(23)15-5-4-6-16(10-15)22-19(25)14(3)21/h4-10,14,20H,11H2,1-3H3,(H,22,25)/t14-,20+/m1/s1. The minimum Gasteiger partial charge on any atom is -0.325 e. The number of nitrogens with one attached hydrogen (secondary N) is 1. The van der Waals surface area contributed by atoms with Crippen molar-refractivity contribution in [2.75, 3.05) is 16.0 Å². The van der Waals surface area contributed by atoms with Crippen LogP contribution < -0.4 is 10.2 Å². The molecule has 3 rings (SSSR count). The second-order valence-electron chi connectivity index (χ2n) is 6.43. The van der Waals surface area contributed by atoms with Crippen molar-refractivity contribution in [3.05, 3.63) is 59.2 Å². The maximum absolute atomic E-state index is 12.5. The van der Waals surface area contributed by atoms with Gasteiger partial charge in [-0.05, 0) is 61.7 Å². The molecule has 1 heterocycles. The second kappa shape index (κ2) is 7.72. The van der Waals surface area contributed by atoms with Crippen LogP contribution in [0.1, 0.15) is 29.0 Å². The van der Waals surface area contributed by atoms with E-state index in [0.29, 0.717) is 11.4 Å². The van der Waals surface area contributed by atoms with Crippen molar-refractivity contribution in [3.63, 3.8) is 0 Å². The molecule has 0 aromatic heterocycles. The Morgan fingerprint density at radius 2 is 2.00 bits per heavy atom. The monoisotopic (exact) mass is 388 g/mol. The summed E-state index contributed by atoms with van der Waals surface area (Å²) in [5.41, 5.74) is 4.91. The van der Waals surface area contributed by atoms with Gasteiger partial charge >= 0.3 is 0 Å². The summed E-state index contributed by atoms with van der Waals surface area (Å²) in [6, 6.07) is 13.7. The molecule has 0 aliphatic carbocycles. The summed E-state index contributed by atoms with van der Waals surface area (Å²) in [7, 11) is 0. The Hall–Kier alpha value is -1.98. The summed E-state index contributed by atoms with van der Waals surface area (Å²) in [6.07, 6.45) is 0. The van der Waals surface area contributed by atoms with Gasteiger partial charge in [0.15, 0.2) is 0 Å². The maximum atomic E-state index is 12.5. The molecule has 0 radical (unpaired) electrons. The maximum Gasteiger partial charge on any atom is 0.242 e. The Kier molecular flexibility index (Phi) is 5.58. The number of hydrogen-bond acceptors (Lipinski definition) is 3. The number of rotatable bonds is 4. The van der Waals surface area contributed by atoms with Gasteiger partial charge in [0.1, 0.15) is 10.8 Å². The molecule has 26 heavy (non-hydrogen) atoms. The first-order valence-electron chi connectivity index (χ1n) is 8.42. The van der Waals surface area contributed by atoms with Gasteiger partial charge in [0.05, 0.1) is 5.75 Å². The molecule has 0 saturated carbocycles. The third kappa shape index (κ3) is 3.89. The topological polar surface area (TPSA) is 49.4 Å². The molecule has 1 fully saturated rings. The highest BCUT2D eigenvalue weighted by Gasteiger charge is 2.34. The van der Waals surface area contributed by atoms with Crippen molar-refractivity contribution in [1.29, 1.82) is 0 Å². The summed E-state index contributed by atoms with van der Waals surface area (Å²) >= 11 is 7.41. The normalized spacial score (nSPS) is 18.1. The minimum absolute atomic E-state index is 0.0899. The molecule has 1 aliphatic heterocycles. The molecule has 2 atom stereocenters. The summed E-state index contributed by atoms with van der Waals surface area (Å²) in [5.74, 6) is 0.282. The summed E-state index contributed by atoms with van der Waals surface area (Å²) in [5, 5.41) is 2.08. The van der Waals surface area contributed by atoms with Crippen LogP contribution in [0, 0.1) is 13.8 Å². The van der Waals surface area contributed by atoms with Crippen LogP contribution in [0.4, 0.5) is 11.4 Å². The van der Waals surface area contributed by atoms with E-state index >= 15 is 0 Å². The van der Waals surface area contributed by atoms with Gasteiger partial charge < -0.3 is 5.32 Å². The number of carbonyl (C=O) groups excluding carboxylic acids is 2. The molecule has 1 saturated heterocycles. The molecule has 0 spiro atoms. The molecule has 2 aromatic rings. The molecule has 4 nitrogen and oxygen atoms in total. The lowest BCUT2D eigenvalue weighted by Crippen LogP contribution is -2.28. The Balaban J connectivity index is 1.91. The Morgan fingerprint density at radius 3 is 2.69 bits per heavy atom. The average Bonchev–Trinajstić information content (AvgIpc) is 2.99. The number of aryl methyl sites for hydroxylation is 2. The van der Waals surface area contributed by atoms with Gasteiger partial charge in [-0.3, -0.25) is 14.5 Å². The molecule has 2 aromatic carbocycles. The highest BCUT2D eigenvalue weighted by molar-refractivity contribution is 8.00. The van der Waals surface area contributed by atoms with Gasteiger partial charge in [0.25, 0.3) is 0 Å². The summed E-state index contributed by atoms with van der Waals surface area (Å²) in [4.78, 5) is 26.2. The van der Waals surface area contributed by atoms with Gasteiger partial charge in [0.2, 0.25) is 11.8 Å². The van der Waals surface area contributed by atoms with E-state index in [1.54, 1.807) is 18.7 Å². The number of benzene rings is 2. The number of carbonyl (C=O) groups is 2. The lowest BCUT2D eigenvalue weighted by atomic mass is 10.1. The van der Waals surface area contributed by atoms with E-state index in [9.17, 15) is 9.59 Å². The average molecular weight is 389 g/mol. The zero-order valence-electron chi connectivity index (χ0n) is 15.0. The lowest BCUT2D eigenvalue weighted by Gasteiger charge is -2.25. The van der Waals surface area contributed by atoms with Gasteiger partial charge in [0, 0.05) is 11.4 Å². The largest absolute Gasteiger partial charge is 0.325 e. The predicted molar refractivity (Wildman–Crippen MR) is 109 cm³/mol. The van der Waals surface area contributed by atoms with Gasteiger partial charge in [-0.2, -0.15) is 0 Å².